The fourth-order valence-electron chi connectivity index (χ4n) is 3.55. The van der Waals surface area contributed by atoms with Crippen LogP contribution in [0.3, 0.4) is 0 Å². The van der Waals surface area contributed by atoms with Crippen molar-refractivity contribution in [3.63, 3.8) is 0 Å². The first-order valence-corrected chi connectivity index (χ1v) is 10.6. The van der Waals surface area contributed by atoms with Crippen LogP contribution in [0, 0.1) is 0 Å². The molecule has 0 saturated carbocycles. The number of amides is 2. The molecule has 29 heavy (non-hydrogen) atoms. The predicted molar refractivity (Wildman–Crippen MR) is 110 cm³/mol. The number of rotatable bonds is 5. The maximum Gasteiger partial charge on any atom is 0.308 e. The van der Waals surface area contributed by atoms with Gasteiger partial charge in [0.05, 0.1) is 17.4 Å². The average molecular weight is 410 g/mol. The lowest BCUT2D eigenvalue weighted by molar-refractivity contribution is -0.160. The van der Waals surface area contributed by atoms with E-state index in [0.717, 1.165) is 23.4 Å². The Kier molecular flexibility index (Phi) is 5.85. The van der Waals surface area contributed by atoms with Crippen LogP contribution in [0.15, 0.2) is 59.5 Å². The number of nitrogens with zero attached hydrogens (tertiary/aromatic N) is 1. The first-order chi connectivity index (χ1) is 14.1. The first kappa shape index (κ1) is 19.5. The van der Waals surface area contributed by atoms with E-state index in [2.05, 4.69) is 5.32 Å². The molecule has 2 aromatic carbocycles. The van der Waals surface area contributed by atoms with Gasteiger partial charge in [-0.1, -0.05) is 42.5 Å². The molecule has 6 nitrogen and oxygen atoms in total. The average Bonchev–Trinajstić information content (AvgIpc) is 3.28. The fourth-order valence-corrected chi connectivity index (χ4v) is 4.65. The van der Waals surface area contributed by atoms with Crippen LogP contribution in [0.2, 0.25) is 0 Å². The van der Waals surface area contributed by atoms with Gasteiger partial charge in [0.25, 0.3) is 5.91 Å². The molecule has 2 aromatic rings. The van der Waals surface area contributed by atoms with Gasteiger partial charge in [-0.05, 0) is 25.0 Å². The summed E-state index contributed by atoms with van der Waals surface area (Å²) >= 11 is 1.34. The molecule has 0 radical (unpaired) electrons. The van der Waals surface area contributed by atoms with E-state index in [9.17, 15) is 14.4 Å². The summed E-state index contributed by atoms with van der Waals surface area (Å²) in [6.07, 6.45) is 0.839. The number of ether oxygens (including phenoxy) is 1. The SMILES string of the molecule is O=C(C[C@H]1Sc2ccccc2NC1=O)O[C@H](C(=O)N1CCCC1)c1ccccc1. The van der Waals surface area contributed by atoms with Crippen molar-refractivity contribution in [1.29, 1.82) is 0 Å². The molecule has 1 saturated heterocycles. The number of carbonyl (C=O) groups excluding carboxylic acids is 3. The van der Waals surface area contributed by atoms with Crippen molar-refractivity contribution in [3.8, 4) is 0 Å². The van der Waals surface area contributed by atoms with Crippen LogP contribution >= 0.6 is 11.8 Å². The number of benzene rings is 2. The van der Waals surface area contributed by atoms with Crippen LogP contribution in [0.1, 0.15) is 30.9 Å². The van der Waals surface area contributed by atoms with Crippen LogP contribution < -0.4 is 5.32 Å². The molecule has 1 fully saturated rings. The third-order valence-corrected chi connectivity index (χ3v) is 6.33. The van der Waals surface area contributed by atoms with E-state index in [4.69, 9.17) is 4.74 Å². The van der Waals surface area contributed by atoms with Gasteiger partial charge < -0.3 is 15.0 Å². The van der Waals surface area contributed by atoms with Gasteiger partial charge in [0.1, 0.15) is 0 Å². The second kappa shape index (κ2) is 8.69. The van der Waals surface area contributed by atoms with E-state index in [0.29, 0.717) is 18.7 Å². The van der Waals surface area contributed by atoms with Crippen molar-refractivity contribution in [1.82, 2.24) is 4.90 Å². The summed E-state index contributed by atoms with van der Waals surface area (Å²) in [7, 11) is 0. The Hall–Kier alpha value is -2.80. The Bertz CT molecular complexity index is 912. The Labute approximate surface area is 173 Å². The molecule has 4 rings (SSSR count). The van der Waals surface area contributed by atoms with Crippen LogP contribution in [0.5, 0.6) is 0 Å². The number of hydrogen-bond acceptors (Lipinski definition) is 5. The molecule has 1 N–H and O–H groups in total. The van der Waals surface area contributed by atoms with Crippen molar-refractivity contribution >= 4 is 35.2 Å². The number of hydrogen-bond donors (Lipinski definition) is 1. The topological polar surface area (TPSA) is 75.7 Å². The summed E-state index contributed by atoms with van der Waals surface area (Å²) < 4.78 is 5.63. The minimum absolute atomic E-state index is 0.0958. The van der Waals surface area contributed by atoms with Crippen molar-refractivity contribution < 1.29 is 19.1 Å². The smallest absolute Gasteiger partial charge is 0.308 e. The van der Waals surface area contributed by atoms with E-state index in [-0.39, 0.29) is 18.2 Å². The van der Waals surface area contributed by atoms with Gasteiger partial charge in [-0.2, -0.15) is 0 Å². The molecule has 0 bridgehead atoms. The van der Waals surface area contributed by atoms with Crippen LogP contribution in [0.25, 0.3) is 0 Å². The quantitative estimate of drug-likeness (QED) is 0.765. The van der Waals surface area contributed by atoms with Gasteiger partial charge in [0.15, 0.2) is 0 Å². The molecule has 0 spiro atoms. The van der Waals surface area contributed by atoms with Crippen molar-refractivity contribution in [2.24, 2.45) is 0 Å². The Morgan fingerprint density at radius 3 is 2.52 bits per heavy atom. The van der Waals surface area contributed by atoms with Gasteiger partial charge in [-0.15, -0.1) is 11.8 Å². The molecule has 0 unspecified atom stereocenters. The van der Waals surface area contributed by atoms with Gasteiger partial charge in [0.2, 0.25) is 12.0 Å². The van der Waals surface area contributed by atoms with Gasteiger partial charge in [-0.3, -0.25) is 14.4 Å². The third-order valence-electron chi connectivity index (χ3n) is 5.05. The Morgan fingerprint density at radius 2 is 1.76 bits per heavy atom. The Morgan fingerprint density at radius 1 is 1.07 bits per heavy atom. The molecule has 2 heterocycles. The molecule has 2 aliphatic rings. The minimum Gasteiger partial charge on any atom is -0.447 e. The number of nitrogens with one attached hydrogen (secondary N) is 1. The van der Waals surface area contributed by atoms with E-state index in [1.165, 1.54) is 11.8 Å². The molecule has 7 heteroatoms. The predicted octanol–water partition coefficient (Wildman–Crippen LogP) is 3.40. The number of esters is 1. The monoisotopic (exact) mass is 410 g/mol. The lowest BCUT2D eigenvalue weighted by atomic mass is 10.1. The lowest BCUT2D eigenvalue weighted by Crippen LogP contribution is -2.36. The molecule has 0 aliphatic carbocycles. The summed E-state index contributed by atoms with van der Waals surface area (Å²) in [5.41, 5.74) is 1.39. The highest BCUT2D eigenvalue weighted by Gasteiger charge is 2.34. The number of thioether (sulfide) groups is 1. The molecule has 0 aromatic heterocycles. The molecule has 2 aliphatic heterocycles. The zero-order valence-electron chi connectivity index (χ0n) is 15.9. The van der Waals surface area contributed by atoms with Crippen LogP contribution in [0.4, 0.5) is 5.69 Å². The Balaban J connectivity index is 1.47. The van der Waals surface area contributed by atoms with Crippen LogP contribution in [-0.4, -0.2) is 41.0 Å². The zero-order valence-corrected chi connectivity index (χ0v) is 16.7. The minimum atomic E-state index is -0.981. The number of fused-ring (bicyclic) bond motifs is 1. The van der Waals surface area contributed by atoms with Crippen molar-refractivity contribution in [3.05, 3.63) is 60.2 Å². The summed E-state index contributed by atoms with van der Waals surface area (Å²) in [5.74, 6) is -0.987. The zero-order chi connectivity index (χ0) is 20.2. The van der Waals surface area contributed by atoms with Crippen LogP contribution in [-0.2, 0) is 19.1 Å². The maximum absolute atomic E-state index is 13.0. The molecular formula is C22H22N2O4S. The second-order valence-corrected chi connectivity index (χ2v) is 8.35. The number of likely N-dealkylation sites (tertiary alicyclic amines) is 1. The second-order valence-electron chi connectivity index (χ2n) is 7.11. The number of carbonyl (C=O) groups is 3. The standard InChI is InChI=1S/C22H22N2O4S/c25-19(14-18-21(26)23-16-10-4-5-11-17(16)29-18)28-20(15-8-2-1-3-9-15)22(27)24-12-6-7-13-24/h1-5,8-11,18,20H,6-7,12-14H2,(H,23,26)/t18-,20+/m1/s1. The van der Waals surface area contributed by atoms with Crippen molar-refractivity contribution in [2.45, 2.75) is 35.5 Å². The number of anilines is 1. The maximum atomic E-state index is 13.0. The fraction of sp³-hybridized carbons (Fsp3) is 0.318. The largest absolute Gasteiger partial charge is 0.447 e. The summed E-state index contributed by atoms with van der Waals surface area (Å²) in [4.78, 5) is 40.7. The first-order valence-electron chi connectivity index (χ1n) is 9.71. The summed E-state index contributed by atoms with van der Waals surface area (Å²) in [6, 6.07) is 16.5. The molecule has 150 valence electrons. The third kappa shape index (κ3) is 4.45. The van der Waals surface area contributed by atoms with Crippen molar-refractivity contribution in [2.75, 3.05) is 18.4 Å². The summed E-state index contributed by atoms with van der Waals surface area (Å²) in [6.45, 7) is 1.36. The highest BCUT2D eigenvalue weighted by atomic mass is 32.2. The highest BCUT2D eigenvalue weighted by Crippen LogP contribution is 2.37. The van der Waals surface area contributed by atoms with Gasteiger partial charge >= 0.3 is 5.97 Å². The van der Waals surface area contributed by atoms with Gasteiger partial charge in [-0.25, -0.2) is 0 Å². The lowest BCUT2D eigenvalue weighted by Gasteiger charge is -2.26. The van der Waals surface area contributed by atoms with Gasteiger partial charge in [0, 0.05) is 23.5 Å². The van der Waals surface area contributed by atoms with E-state index in [1.54, 1.807) is 17.0 Å². The molecular weight excluding hydrogens is 388 g/mol. The van der Waals surface area contributed by atoms with E-state index >= 15 is 0 Å². The molecule has 2 atom stereocenters. The molecule has 2 amide bonds. The summed E-state index contributed by atoms with van der Waals surface area (Å²) in [5, 5.41) is 2.24. The highest BCUT2D eigenvalue weighted by molar-refractivity contribution is 8.01. The van der Waals surface area contributed by atoms with E-state index < -0.39 is 17.3 Å². The normalized spacial score (nSPS) is 19.2. The van der Waals surface area contributed by atoms with E-state index in [1.807, 2.05) is 42.5 Å². The number of para-hydroxylation sites is 1.